The van der Waals surface area contributed by atoms with E-state index in [0.717, 1.165) is 11.6 Å². The van der Waals surface area contributed by atoms with E-state index in [1.807, 2.05) is 6.07 Å². The lowest BCUT2D eigenvalue weighted by atomic mass is 9.82. The first-order chi connectivity index (χ1) is 5.90. The van der Waals surface area contributed by atoms with Crippen LogP contribution in [0, 0.1) is 0 Å². The highest BCUT2D eigenvalue weighted by atomic mass is 35.5. The predicted molar refractivity (Wildman–Crippen MR) is 63.2 cm³/mol. The third kappa shape index (κ3) is 2.84. The Balaban J connectivity index is 0.000000845. The van der Waals surface area contributed by atoms with Gasteiger partial charge in [0.25, 0.3) is 0 Å². The largest absolute Gasteiger partial charge is 0.325 e. The van der Waals surface area contributed by atoms with Crippen molar-refractivity contribution in [3.63, 3.8) is 0 Å². The second-order valence-electron chi connectivity index (χ2n) is 3.39. The molecule has 0 saturated heterocycles. The number of hydrogen-bond acceptors (Lipinski definition) is 2. The van der Waals surface area contributed by atoms with Crippen LogP contribution in [0.2, 0.25) is 0 Å². The minimum Gasteiger partial charge on any atom is -0.325 e. The van der Waals surface area contributed by atoms with E-state index in [-0.39, 0.29) is 24.8 Å². The molecule has 1 heterocycles. The molecule has 1 aliphatic carbocycles. The number of pyridine rings is 1. The fourth-order valence-electron chi connectivity index (χ4n) is 1.54. The molecule has 0 atom stereocenters. The standard InChI is InChI=1S/C10H14N2.2ClH/c11-7-9-5-2-6-10(12-9)8-3-1-4-8;;/h2,5-6,8H,1,3-4,7,11H2;2*1H. The molecule has 1 aliphatic rings. The van der Waals surface area contributed by atoms with Crippen LogP contribution in [0.1, 0.15) is 36.6 Å². The lowest BCUT2D eigenvalue weighted by Gasteiger charge is -2.24. The van der Waals surface area contributed by atoms with Crippen LogP contribution in [0.25, 0.3) is 0 Å². The van der Waals surface area contributed by atoms with Crippen molar-refractivity contribution in [2.24, 2.45) is 5.73 Å². The maximum Gasteiger partial charge on any atom is 0.0542 e. The second-order valence-corrected chi connectivity index (χ2v) is 3.39. The van der Waals surface area contributed by atoms with Crippen molar-refractivity contribution >= 4 is 24.8 Å². The maximum absolute atomic E-state index is 5.52. The summed E-state index contributed by atoms with van der Waals surface area (Å²) < 4.78 is 0. The minimum atomic E-state index is 0. The zero-order valence-corrected chi connectivity index (χ0v) is 9.61. The van der Waals surface area contributed by atoms with Gasteiger partial charge in [-0.25, -0.2) is 0 Å². The number of nitrogens with zero attached hydrogens (tertiary/aromatic N) is 1. The summed E-state index contributed by atoms with van der Waals surface area (Å²) in [5, 5.41) is 0. The van der Waals surface area contributed by atoms with E-state index in [2.05, 4.69) is 17.1 Å². The van der Waals surface area contributed by atoms with E-state index in [4.69, 9.17) is 5.73 Å². The molecule has 80 valence electrons. The smallest absolute Gasteiger partial charge is 0.0542 e. The summed E-state index contributed by atoms with van der Waals surface area (Å²) in [6, 6.07) is 6.16. The van der Waals surface area contributed by atoms with E-state index in [0.29, 0.717) is 6.54 Å². The third-order valence-corrected chi connectivity index (χ3v) is 2.56. The van der Waals surface area contributed by atoms with Gasteiger partial charge in [-0.05, 0) is 25.0 Å². The van der Waals surface area contributed by atoms with Crippen LogP contribution in [0.3, 0.4) is 0 Å². The van der Waals surface area contributed by atoms with Crippen molar-refractivity contribution in [1.29, 1.82) is 0 Å². The average molecular weight is 235 g/mol. The quantitative estimate of drug-likeness (QED) is 0.855. The van der Waals surface area contributed by atoms with Crippen LogP contribution in [0.5, 0.6) is 0 Å². The molecular formula is C10H16Cl2N2. The Hall–Kier alpha value is -0.310. The minimum absolute atomic E-state index is 0. The van der Waals surface area contributed by atoms with Crippen molar-refractivity contribution in [3.05, 3.63) is 29.6 Å². The van der Waals surface area contributed by atoms with Crippen LogP contribution >= 0.6 is 24.8 Å². The van der Waals surface area contributed by atoms with Gasteiger partial charge in [-0.2, -0.15) is 0 Å². The highest BCUT2D eigenvalue weighted by Gasteiger charge is 2.20. The predicted octanol–water partition coefficient (Wildman–Crippen LogP) is 2.65. The fraction of sp³-hybridized carbons (Fsp3) is 0.500. The summed E-state index contributed by atoms with van der Waals surface area (Å²) in [5.41, 5.74) is 7.77. The van der Waals surface area contributed by atoms with Crippen LogP contribution in [-0.2, 0) is 6.54 Å². The molecule has 0 aliphatic heterocycles. The number of rotatable bonds is 2. The van der Waals surface area contributed by atoms with Gasteiger partial charge in [0.05, 0.1) is 5.69 Å². The van der Waals surface area contributed by atoms with Crippen LogP contribution in [-0.4, -0.2) is 4.98 Å². The van der Waals surface area contributed by atoms with E-state index in [9.17, 15) is 0 Å². The highest BCUT2D eigenvalue weighted by Crippen LogP contribution is 2.34. The Kier molecular flexibility index (Phi) is 6.09. The molecule has 0 radical (unpaired) electrons. The molecule has 0 amide bonds. The molecule has 4 heteroatoms. The van der Waals surface area contributed by atoms with Gasteiger partial charge in [0.2, 0.25) is 0 Å². The first kappa shape index (κ1) is 13.7. The molecule has 2 nitrogen and oxygen atoms in total. The summed E-state index contributed by atoms with van der Waals surface area (Å²) in [5.74, 6) is 0.719. The third-order valence-electron chi connectivity index (χ3n) is 2.56. The summed E-state index contributed by atoms with van der Waals surface area (Å²) in [4.78, 5) is 4.49. The number of halogens is 2. The molecule has 2 N–H and O–H groups in total. The van der Waals surface area contributed by atoms with Gasteiger partial charge in [-0.15, -0.1) is 24.8 Å². The number of nitrogens with two attached hydrogens (primary N) is 1. The zero-order valence-electron chi connectivity index (χ0n) is 7.98. The van der Waals surface area contributed by atoms with E-state index in [1.165, 1.54) is 25.0 Å². The van der Waals surface area contributed by atoms with Crippen LogP contribution in [0.4, 0.5) is 0 Å². The van der Waals surface area contributed by atoms with E-state index >= 15 is 0 Å². The Bertz CT molecular complexity index is 275. The topological polar surface area (TPSA) is 38.9 Å². The van der Waals surface area contributed by atoms with Gasteiger partial charge in [-0.1, -0.05) is 12.5 Å². The summed E-state index contributed by atoms with van der Waals surface area (Å²) in [6.07, 6.45) is 3.97. The normalized spacial score (nSPS) is 14.9. The molecule has 1 saturated carbocycles. The summed E-state index contributed by atoms with van der Waals surface area (Å²) in [6.45, 7) is 0.556. The first-order valence-electron chi connectivity index (χ1n) is 4.56. The SMILES string of the molecule is Cl.Cl.NCc1cccc(C2CCC2)n1. The monoisotopic (exact) mass is 234 g/mol. The van der Waals surface area contributed by atoms with Crippen LogP contribution < -0.4 is 5.73 Å². The molecule has 1 aromatic rings. The van der Waals surface area contributed by atoms with Gasteiger partial charge < -0.3 is 5.73 Å². The van der Waals surface area contributed by atoms with Crippen molar-refractivity contribution in [2.75, 3.05) is 0 Å². The number of aromatic nitrogens is 1. The molecule has 1 aromatic heterocycles. The van der Waals surface area contributed by atoms with Crippen molar-refractivity contribution < 1.29 is 0 Å². The van der Waals surface area contributed by atoms with Gasteiger partial charge >= 0.3 is 0 Å². The molecule has 2 rings (SSSR count). The molecular weight excluding hydrogens is 219 g/mol. The summed E-state index contributed by atoms with van der Waals surface area (Å²) in [7, 11) is 0. The van der Waals surface area contributed by atoms with E-state index < -0.39 is 0 Å². The van der Waals surface area contributed by atoms with Gasteiger partial charge in [0.15, 0.2) is 0 Å². The Labute approximate surface area is 97.1 Å². The van der Waals surface area contributed by atoms with Crippen molar-refractivity contribution in [2.45, 2.75) is 31.7 Å². The Morgan fingerprint density at radius 1 is 1.29 bits per heavy atom. The highest BCUT2D eigenvalue weighted by molar-refractivity contribution is 5.85. The zero-order chi connectivity index (χ0) is 8.39. The van der Waals surface area contributed by atoms with Gasteiger partial charge in [0.1, 0.15) is 0 Å². The molecule has 14 heavy (non-hydrogen) atoms. The van der Waals surface area contributed by atoms with Gasteiger partial charge in [0, 0.05) is 18.2 Å². The molecule has 1 fully saturated rings. The van der Waals surface area contributed by atoms with Gasteiger partial charge in [-0.3, -0.25) is 4.98 Å². The van der Waals surface area contributed by atoms with Crippen molar-refractivity contribution in [1.82, 2.24) is 4.98 Å². The Morgan fingerprint density at radius 2 is 2.00 bits per heavy atom. The molecule has 0 bridgehead atoms. The fourth-order valence-corrected chi connectivity index (χ4v) is 1.54. The molecule has 0 spiro atoms. The Morgan fingerprint density at radius 3 is 2.50 bits per heavy atom. The lowest BCUT2D eigenvalue weighted by Crippen LogP contribution is -2.12. The number of hydrogen-bond donors (Lipinski definition) is 1. The maximum atomic E-state index is 5.52. The second kappa shape index (κ2) is 6.23. The van der Waals surface area contributed by atoms with Crippen molar-refractivity contribution in [3.8, 4) is 0 Å². The first-order valence-corrected chi connectivity index (χ1v) is 4.56. The van der Waals surface area contributed by atoms with E-state index in [1.54, 1.807) is 0 Å². The lowest BCUT2D eigenvalue weighted by molar-refractivity contribution is 0.410. The van der Waals surface area contributed by atoms with Crippen LogP contribution in [0.15, 0.2) is 18.2 Å². The molecule has 0 aromatic carbocycles. The summed E-state index contributed by atoms with van der Waals surface area (Å²) >= 11 is 0. The molecule has 0 unspecified atom stereocenters. The average Bonchev–Trinajstić information content (AvgIpc) is 2.02.